The van der Waals surface area contributed by atoms with Crippen LogP contribution in [0, 0.1) is 6.92 Å². The number of nitrogens with zero attached hydrogens (tertiary/aromatic N) is 2. The summed E-state index contributed by atoms with van der Waals surface area (Å²) in [6.45, 7) is 1.80. The van der Waals surface area contributed by atoms with E-state index in [0.717, 1.165) is 11.3 Å². The van der Waals surface area contributed by atoms with Gasteiger partial charge in [-0.3, -0.25) is 9.78 Å². The van der Waals surface area contributed by atoms with Gasteiger partial charge in [0.2, 0.25) is 5.91 Å². The van der Waals surface area contributed by atoms with E-state index in [2.05, 4.69) is 10.1 Å². The van der Waals surface area contributed by atoms with E-state index in [4.69, 9.17) is 10.3 Å². The number of nitrogens with two attached hydrogens (primary N) is 1. The number of pyridine rings is 1. The molecular formula is C11H11N3O2. The van der Waals surface area contributed by atoms with Gasteiger partial charge in [-0.25, -0.2) is 0 Å². The van der Waals surface area contributed by atoms with Crippen LogP contribution in [0.2, 0.25) is 0 Å². The topological polar surface area (TPSA) is 82.0 Å². The van der Waals surface area contributed by atoms with Crippen LogP contribution >= 0.6 is 0 Å². The summed E-state index contributed by atoms with van der Waals surface area (Å²) in [7, 11) is 0. The smallest absolute Gasteiger partial charge is 0.225 e. The standard InChI is InChI=1S/C11H11N3O2/c1-7-11(8-4-2-3-5-13-8)9(16-14-7)6-10(12)15/h2-5H,6H2,1H3,(H2,12,15). The first-order valence-corrected chi connectivity index (χ1v) is 4.83. The zero-order valence-electron chi connectivity index (χ0n) is 8.80. The Bertz CT molecular complexity index is 505. The Morgan fingerprint density at radius 1 is 1.50 bits per heavy atom. The van der Waals surface area contributed by atoms with Crippen molar-refractivity contribution in [2.24, 2.45) is 5.73 Å². The van der Waals surface area contributed by atoms with Crippen LogP contribution in [0.15, 0.2) is 28.9 Å². The maximum atomic E-state index is 10.9. The van der Waals surface area contributed by atoms with Crippen LogP contribution in [-0.2, 0) is 11.2 Å². The van der Waals surface area contributed by atoms with Gasteiger partial charge in [-0.1, -0.05) is 11.2 Å². The van der Waals surface area contributed by atoms with Crippen molar-refractivity contribution in [2.45, 2.75) is 13.3 Å². The van der Waals surface area contributed by atoms with Crippen molar-refractivity contribution >= 4 is 5.91 Å². The molecule has 2 aromatic heterocycles. The van der Waals surface area contributed by atoms with Crippen molar-refractivity contribution in [1.29, 1.82) is 0 Å². The highest BCUT2D eigenvalue weighted by molar-refractivity contribution is 5.79. The van der Waals surface area contributed by atoms with Gasteiger partial charge >= 0.3 is 0 Å². The van der Waals surface area contributed by atoms with Crippen molar-refractivity contribution in [1.82, 2.24) is 10.1 Å². The Labute approximate surface area is 92.3 Å². The first-order valence-electron chi connectivity index (χ1n) is 4.83. The first kappa shape index (κ1) is 10.4. The van der Waals surface area contributed by atoms with Crippen molar-refractivity contribution in [3.63, 3.8) is 0 Å². The molecule has 0 aliphatic carbocycles. The number of aromatic nitrogens is 2. The van der Waals surface area contributed by atoms with Crippen LogP contribution in [0.5, 0.6) is 0 Å². The molecule has 0 aromatic carbocycles. The van der Waals surface area contributed by atoms with Crippen LogP contribution in [-0.4, -0.2) is 16.0 Å². The molecule has 82 valence electrons. The molecular weight excluding hydrogens is 206 g/mol. The van der Waals surface area contributed by atoms with E-state index < -0.39 is 5.91 Å². The molecule has 0 fully saturated rings. The summed E-state index contributed by atoms with van der Waals surface area (Å²) in [6.07, 6.45) is 1.71. The predicted molar refractivity (Wildman–Crippen MR) is 57.4 cm³/mol. The summed E-state index contributed by atoms with van der Waals surface area (Å²) in [6, 6.07) is 5.52. The maximum absolute atomic E-state index is 10.9. The Hall–Kier alpha value is -2.17. The van der Waals surface area contributed by atoms with Gasteiger partial charge in [0.1, 0.15) is 0 Å². The van der Waals surface area contributed by atoms with Gasteiger partial charge < -0.3 is 10.3 Å². The quantitative estimate of drug-likeness (QED) is 0.833. The minimum absolute atomic E-state index is 0.0345. The molecule has 0 aliphatic rings. The van der Waals surface area contributed by atoms with Crippen LogP contribution in [0.3, 0.4) is 0 Å². The van der Waals surface area contributed by atoms with Gasteiger partial charge in [-0.2, -0.15) is 0 Å². The highest BCUT2D eigenvalue weighted by Crippen LogP contribution is 2.25. The minimum Gasteiger partial charge on any atom is -0.369 e. The van der Waals surface area contributed by atoms with Crippen LogP contribution < -0.4 is 5.73 Å². The Balaban J connectivity index is 2.47. The van der Waals surface area contributed by atoms with Crippen molar-refractivity contribution < 1.29 is 9.32 Å². The van der Waals surface area contributed by atoms with E-state index in [1.54, 1.807) is 13.1 Å². The van der Waals surface area contributed by atoms with E-state index in [1.165, 1.54) is 0 Å². The zero-order chi connectivity index (χ0) is 11.5. The monoisotopic (exact) mass is 217 g/mol. The van der Waals surface area contributed by atoms with E-state index >= 15 is 0 Å². The Morgan fingerprint density at radius 3 is 2.94 bits per heavy atom. The van der Waals surface area contributed by atoms with Crippen molar-refractivity contribution in [2.75, 3.05) is 0 Å². The molecule has 0 saturated heterocycles. The Kier molecular flexibility index (Phi) is 2.68. The lowest BCUT2D eigenvalue weighted by atomic mass is 10.1. The number of rotatable bonds is 3. The maximum Gasteiger partial charge on any atom is 0.225 e. The third-order valence-corrected chi connectivity index (χ3v) is 2.19. The fraction of sp³-hybridized carbons (Fsp3) is 0.182. The second-order valence-electron chi connectivity index (χ2n) is 3.42. The normalized spacial score (nSPS) is 10.3. The summed E-state index contributed by atoms with van der Waals surface area (Å²) in [5.74, 6) is 0.0111. The molecule has 0 bridgehead atoms. The zero-order valence-corrected chi connectivity index (χ0v) is 8.80. The molecule has 5 heteroatoms. The lowest BCUT2D eigenvalue weighted by Gasteiger charge is -1.99. The second kappa shape index (κ2) is 4.14. The molecule has 0 saturated carbocycles. The molecule has 0 atom stereocenters. The number of amides is 1. The predicted octanol–water partition coefficient (Wildman–Crippen LogP) is 1.07. The van der Waals surface area contributed by atoms with Crippen LogP contribution in [0.4, 0.5) is 0 Å². The molecule has 2 rings (SSSR count). The fourth-order valence-electron chi connectivity index (χ4n) is 1.53. The highest BCUT2D eigenvalue weighted by atomic mass is 16.5. The summed E-state index contributed by atoms with van der Waals surface area (Å²) in [5.41, 5.74) is 7.32. The number of hydrogen-bond donors (Lipinski definition) is 1. The number of carbonyl (C=O) groups excluding carboxylic acids is 1. The summed E-state index contributed by atoms with van der Waals surface area (Å²) >= 11 is 0. The molecule has 0 aliphatic heterocycles. The Morgan fingerprint density at radius 2 is 2.31 bits per heavy atom. The number of hydrogen-bond acceptors (Lipinski definition) is 4. The molecule has 0 unspecified atom stereocenters. The van der Waals surface area contributed by atoms with Gasteiger partial charge in [0.05, 0.1) is 23.4 Å². The van der Waals surface area contributed by atoms with E-state index in [0.29, 0.717) is 11.5 Å². The van der Waals surface area contributed by atoms with Crippen LogP contribution in [0.25, 0.3) is 11.3 Å². The lowest BCUT2D eigenvalue weighted by Crippen LogP contribution is -2.13. The molecule has 2 heterocycles. The minimum atomic E-state index is -0.451. The molecule has 2 aromatic rings. The van der Waals surface area contributed by atoms with Gasteiger partial charge in [0, 0.05) is 6.20 Å². The molecule has 0 radical (unpaired) electrons. The third-order valence-electron chi connectivity index (χ3n) is 2.19. The van der Waals surface area contributed by atoms with E-state index in [1.807, 2.05) is 18.2 Å². The third kappa shape index (κ3) is 1.93. The molecule has 1 amide bonds. The van der Waals surface area contributed by atoms with Crippen LogP contribution in [0.1, 0.15) is 11.5 Å². The summed E-state index contributed by atoms with van der Waals surface area (Å²) in [4.78, 5) is 15.1. The summed E-state index contributed by atoms with van der Waals surface area (Å²) in [5, 5.41) is 3.82. The molecule has 2 N–H and O–H groups in total. The first-order chi connectivity index (χ1) is 7.68. The van der Waals surface area contributed by atoms with Crippen molar-refractivity contribution in [3.8, 4) is 11.3 Å². The van der Waals surface area contributed by atoms with Gasteiger partial charge in [-0.15, -0.1) is 0 Å². The van der Waals surface area contributed by atoms with E-state index in [-0.39, 0.29) is 6.42 Å². The number of aryl methyl sites for hydroxylation is 1. The average molecular weight is 217 g/mol. The second-order valence-corrected chi connectivity index (χ2v) is 3.42. The van der Waals surface area contributed by atoms with Gasteiger partial charge in [0.25, 0.3) is 0 Å². The van der Waals surface area contributed by atoms with Gasteiger partial charge in [-0.05, 0) is 19.1 Å². The summed E-state index contributed by atoms with van der Waals surface area (Å²) < 4.78 is 5.07. The highest BCUT2D eigenvalue weighted by Gasteiger charge is 2.17. The molecule has 5 nitrogen and oxygen atoms in total. The van der Waals surface area contributed by atoms with Gasteiger partial charge in [0.15, 0.2) is 5.76 Å². The largest absolute Gasteiger partial charge is 0.369 e. The number of primary amides is 1. The lowest BCUT2D eigenvalue weighted by molar-refractivity contribution is -0.117. The van der Waals surface area contributed by atoms with E-state index in [9.17, 15) is 4.79 Å². The SMILES string of the molecule is Cc1noc(CC(N)=O)c1-c1ccccn1. The molecule has 16 heavy (non-hydrogen) atoms. The van der Waals surface area contributed by atoms with Crippen molar-refractivity contribution in [3.05, 3.63) is 35.9 Å². The molecule has 0 spiro atoms. The fourth-order valence-corrected chi connectivity index (χ4v) is 1.53. The number of carbonyl (C=O) groups is 1. The average Bonchev–Trinajstić information content (AvgIpc) is 2.60.